The number of carbonyl (C=O) groups excluding carboxylic acids is 2. The quantitative estimate of drug-likeness (QED) is 0.755. The maximum absolute atomic E-state index is 12.2. The number of amides is 1. The second kappa shape index (κ2) is 9.13. The molecule has 0 aliphatic heterocycles. The summed E-state index contributed by atoms with van der Waals surface area (Å²) in [5.74, 6) is -0.333. The van der Waals surface area contributed by atoms with E-state index in [0.29, 0.717) is 5.92 Å². The number of hydrogen-bond donors (Lipinski definition) is 1. The van der Waals surface area contributed by atoms with Crippen molar-refractivity contribution in [2.45, 2.75) is 52.0 Å². The van der Waals surface area contributed by atoms with Crippen LogP contribution in [0, 0.1) is 5.92 Å². The van der Waals surface area contributed by atoms with Gasteiger partial charge in [-0.15, -0.1) is 11.3 Å². The van der Waals surface area contributed by atoms with Crippen LogP contribution in [-0.2, 0) is 16.0 Å². The molecule has 1 saturated carbocycles. The Labute approximate surface area is 164 Å². The van der Waals surface area contributed by atoms with Gasteiger partial charge in [-0.25, -0.2) is 9.78 Å². The summed E-state index contributed by atoms with van der Waals surface area (Å²) in [5, 5.41) is 5.43. The van der Waals surface area contributed by atoms with Crippen LogP contribution in [0.2, 0.25) is 0 Å². The Bertz CT molecular complexity index is 785. The average molecular weight is 387 g/mol. The molecule has 1 aliphatic carbocycles. The monoisotopic (exact) mass is 386 g/mol. The number of rotatable bonds is 6. The van der Waals surface area contributed by atoms with Crippen molar-refractivity contribution in [3.8, 4) is 10.6 Å². The van der Waals surface area contributed by atoms with Crippen LogP contribution in [0.4, 0.5) is 0 Å². The van der Waals surface area contributed by atoms with E-state index in [9.17, 15) is 9.59 Å². The Hall–Kier alpha value is -2.21. The van der Waals surface area contributed by atoms with E-state index in [1.807, 2.05) is 12.1 Å². The average Bonchev–Trinajstić information content (AvgIpc) is 3.18. The number of carbonyl (C=O) groups is 2. The van der Waals surface area contributed by atoms with Crippen molar-refractivity contribution in [3.63, 3.8) is 0 Å². The normalized spacial score (nSPS) is 19.5. The number of nitrogens with one attached hydrogen (secondary N) is 1. The van der Waals surface area contributed by atoms with Crippen molar-refractivity contribution >= 4 is 23.2 Å². The number of thiazole rings is 1. The number of aromatic nitrogens is 1. The van der Waals surface area contributed by atoms with Crippen LogP contribution in [0.1, 0.15) is 55.6 Å². The van der Waals surface area contributed by atoms with Crippen LogP contribution in [0.15, 0.2) is 29.6 Å². The van der Waals surface area contributed by atoms with E-state index in [-0.39, 0.29) is 24.2 Å². The number of nitrogens with zero attached hydrogens (tertiary/aromatic N) is 1. The Morgan fingerprint density at radius 1 is 1.22 bits per heavy atom. The van der Waals surface area contributed by atoms with Gasteiger partial charge >= 0.3 is 5.97 Å². The van der Waals surface area contributed by atoms with E-state index in [0.717, 1.165) is 36.3 Å². The molecule has 1 heterocycles. The van der Waals surface area contributed by atoms with Crippen LogP contribution in [0.25, 0.3) is 10.6 Å². The smallest absolute Gasteiger partial charge is 0.358 e. The zero-order chi connectivity index (χ0) is 19.2. The van der Waals surface area contributed by atoms with E-state index < -0.39 is 5.97 Å². The highest BCUT2D eigenvalue weighted by Crippen LogP contribution is 2.25. The van der Waals surface area contributed by atoms with Crippen molar-refractivity contribution in [2.75, 3.05) is 6.61 Å². The molecule has 0 bridgehead atoms. The fourth-order valence-electron chi connectivity index (χ4n) is 3.37. The predicted molar refractivity (Wildman–Crippen MR) is 107 cm³/mol. The Morgan fingerprint density at radius 3 is 2.67 bits per heavy atom. The molecule has 6 heteroatoms. The minimum Gasteiger partial charge on any atom is -0.451 e. The lowest BCUT2D eigenvalue weighted by Gasteiger charge is -2.29. The molecule has 1 fully saturated rings. The first kappa shape index (κ1) is 19.5. The van der Waals surface area contributed by atoms with Gasteiger partial charge in [0.1, 0.15) is 5.01 Å². The first-order valence-corrected chi connectivity index (χ1v) is 10.5. The largest absolute Gasteiger partial charge is 0.451 e. The lowest BCUT2D eigenvalue weighted by Crippen LogP contribution is -2.42. The standard InChI is InChI=1S/C21H26N2O3S/c1-3-15-8-10-16(11-9-15)20-23-18(13-27-20)21(25)26-12-19(24)22-17-7-5-4-6-14(17)2/h8-11,13-14,17H,3-7,12H2,1-2H3,(H,22,24)/t14-,17-/m1/s1. The molecular weight excluding hydrogens is 360 g/mol. The maximum Gasteiger partial charge on any atom is 0.358 e. The van der Waals surface area contributed by atoms with Crippen molar-refractivity contribution in [1.29, 1.82) is 0 Å². The van der Waals surface area contributed by atoms with Gasteiger partial charge in [-0.3, -0.25) is 4.79 Å². The minimum atomic E-state index is -0.561. The third-order valence-corrected chi connectivity index (χ3v) is 6.01. The van der Waals surface area contributed by atoms with Crippen molar-refractivity contribution in [1.82, 2.24) is 10.3 Å². The van der Waals surface area contributed by atoms with Crippen molar-refractivity contribution in [2.24, 2.45) is 5.92 Å². The summed E-state index contributed by atoms with van der Waals surface area (Å²) in [7, 11) is 0. The van der Waals surface area contributed by atoms with Gasteiger partial charge in [0, 0.05) is 17.0 Å². The summed E-state index contributed by atoms with van der Waals surface area (Å²) in [5.41, 5.74) is 2.47. The Kier molecular flexibility index (Phi) is 6.61. The number of esters is 1. The molecule has 144 valence electrons. The highest BCUT2D eigenvalue weighted by molar-refractivity contribution is 7.13. The van der Waals surface area contributed by atoms with Gasteiger partial charge < -0.3 is 10.1 Å². The first-order chi connectivity index (χ1) is 13.1. The van der Waals surface area contributed by atoms with Gasteiger partial charge in [0.15, 0.2) is 12.3 Å². The lowest BCUT2D eigenvalue weighted by molar-refractivity contribution is -0.125. The number of aryl methyl sites for hydroxylation is 1. The van der Waals surface area contributed by atoms with Crippen LogP contribution in [-0.4, -0.2) is 29.5 Å². The first-order valence-electron chi connectivity index (χ1n) is 9.58. The minimum absolute atomic E-state index is 0.182. The highest BCUT2D eigenvalue weighted by atomic mass is 32.1. The molecule has 5 nitrogen and oxygen atoms in total. The summed E-state index contributed by atoms with van der Waals surface area (Å²) in [6.07, 6.45) is 5.46. The van der Waals surface area contributed by atoms with Gasteiger partial charge in [0.05, 0.1) is 0 Å². The van der Waals surface area contributed by atoms with Gasteiger partial charge in [-0.05, 0) is 30.7 Å². The molecule has 2 atom stereocenters. The molecule has 1 amide bonds. The summed E-state index contributed by atoms with van der Waals surface area (Å²) in [4.78, 5) is 28.6. The molecule has 27 heavy (non-hydrogen) atoms. The second-order valence-corrected chi connectivity index (χ2v) is 7.96. The molecule has 1 aromatic heterocycles. The third kappa shape index (κ3) is 5.16. The molecule has 1 N–H and O–H groups in total. The van der Waals surface area contributed by atoms with Crippen LogP contribution in [0.5, 0.6) is 0 Å². The maximum atomic E-state index is 12.2. The molecule has 2 aromatic rings. The zero-order valence-electron chi connectivity index (χ0n) is 15.9. The Morgan fingerprint density at radius 2 is 1.96 bits per heavy atom. The van der Waals surface area contributed by atoms with Crippen LogP contribution in [0.3, 0.4) is 0 Å². The molecule has 1 aromatic carbocycles. The molecule has 0 saturated heterocycles. The Balaban J connectivity index is 1.52. The summed E-state index contributed by atoms with van der Waals surface area (Å²) in [6, 6.07) is 8.32. The summed E-state index contributed by atoms with van der Waals surface area (Å²) < 4.78 is 5.15. The molecule has 3 rings (SSSR count). The van der Waals surface area contributed by atoms with Crippen LogP contribution >= 0.6 is 11.3 Å². The third-order valence-electron chi connectivity index (χ3n) is 5.11. The molecule has 0 spiro atoms. The van der Waals surface area contributed by atoms with E-state index in [4.69, 9.17) is 4.74 Å². The number of ether oxygens (including phenoxy) is 1. The second-order valence-electron chi connectivity index (χ2n) is 7.10. The summed E-state index contributed by atoms with van der Waals surface area (Å²) in [6.45, 7) is 4.00. The SMILES string of the molecule is CCc1ccc(-c2nc(C(=O)OCC(=O)N[C@@H]3CCCC[C@H]3C)cs2)cc1. The fourth-order valence-corrected chi connectivity index (χ4v) is 4.16. The van der Waals surface area contributed by atoms with Gasteiger partial charge in [0.2, 0.25) is 0 Å². The van der Waals surface area contributed by atoms with Crippen molar-refractivity contribution < 1.29 is 14.3 Å². The highest BCUT2D eigenvalue weighted by Gasteiger charge is 2.23. The molecule has 1 aliphatic rings. The number of hydrogen-bond acceptors (Lipinski definition) is 5. The molecule has 0 radical (unpaired) electrons. The van der Waals surface area contributed by atoms with Gasteiger partial charge in [-0.2, -0.15) is 0 Å². The van der Waals surface area contributed by atoms with E-state index in [2.05, 4.69) is 36.3 Å². The topological polar surface area (TPSA) is 68.3 Å². The predicted octanol–water partition coefficient (Wildman–Crippen LogP) is 4.22. The lowest BCUT2D eigenvalue weighted by atomic mass is 9.86. The van der Waals surface area contributed by atoms with Gasteiger partial charge in [0.25, 0.3) is 5.91 Å². The van der Waals surface area contributed by atoms with Gasteiger partial charge in [-0.1, -0.05) is 51.0 Å². The van der Waals surface area contributed by atoms with E-state index in [1.54, 1.807) is 5.38 Å². The number of benzene rings is 1. The summed E-state index contributed by atoms with van der Waals surface area (Å²) >= 11 is 1.39. The molecule has 0 unspecified atom stereocenters. The van der Waals surface area contributed by atoms with Crippen molar-refractivity contribution in [3.05, 3.63) is 40.9 Å². The van der Waals surface area contributed by atoms with E-state index in [1.165, 1.54) is 23.3 Å². The fraction of sp³-hybridized carbons (Fsp3) is 0.476. The molecular formula is C21H26N2O3S. The zero-order valence-corrected chi connectivity index (χ0v) is 16.7. The van der Waals surface area contributed by atoms with E-state index >= 15 is 0 Å². The van der Waals surface area contributed by atoms with Crippen LogP contribution < -0.4 is 5.32 Å².